The third-order valence-corrected chi connectivity index (χ3v) is 6.40. The molecule has 2 aromatic rings. The van der Waals surface area contributed by atoms with E-state index in [0.29, 0.717) is 5.13 Å². The van der Waals surface area contributed by atoms with E-state index in [1.807, 2.05) is 17.5 Å². The molecule has 4 amide bonds. The van der Waals surface area contributed by atoms with E-state index in [1.165, 1.54) is 28.0 Å². The summed E-state index contributed by atoms with van der Waals surface area (Å²) in [6.45, 7) is 2.82. The van der Waals surface area contributed by atoms with Crippen LogP contribution in [0.2, 0.25) is 0 Å². The van der Waals surface area contributed by atoms with Gasteiger partial charge in [-0.25, -0.2) is 4.79 Å². The van der Waals surface area contributed by atoms with Crippen molar-refractivity contribution in [3.05, 3.63) is 22.4 Å². The summed E-state index contributed by atoms with van der Waals surface area (Å²) in [5.74, 6) is -0.137. The average molecular weight is 398 g/mol. The smallest absolute Gasteiger partial charge is 0.324 e. The van der Waals surface area contributed by atoms with E-state index in [-0.39, 0.29) is 6.54 Å². The molecule has 1 aliphatic heterocycles. The highest BCUT2D eigenvalue weighted by Crippen LogP contribution is 2.29. The summed E-state index contributed by atoms with van der Waals surface area (Å²) in [6.07, 6.45) is 0. The number of carbonyl (C=O) groups excluding carboxylic acids is 3. The SMILES string of the molecule is CC1(C)NC(=O)N(CC(=O)Nc2nnc(SCc3cccs3)s2)C1=O. The number of rotatable bonds is 6. The Morgan fingerprint density at radius 2 is 2.20 bits per heavy atom. The molecule has 8 nitrogen and oxygen atoms in total. The van der Waals surface area contributed by atoms with Gasteiger partial charge in [-0.05, 0) is 25.3 Å². The first kappa shape index (κ1) is 17.8. The molecule has 0 saturated carbocycles. The van der Waals surface area contributed by atoms with Crippen molar-refractivity contribution in [1.29, 1.82) is 0 Å². The zero-order valence-electron chi connectivity index (χ0n) is 13.4. The zero-order chi connectivity index (χ0) is 18.0. The van der Waals surface area contributed by atoms with Gasteiger partial charge in [-0.15, -0.1) is 21.5 Å². The number of carbonyl (C=O) groups is 3. The van der Waals surface area contributed by atoms with Crippen LogP contribution in [0, 0.1) is 0 Å². The largest absolute Gasteiger partial charge is 0.325 e. The van der Waals surface area contributed by atoms with Crippen LogP contribution in [-0.2, 0) is 15.3 Å². The van der Waals surface area contributed by atoms with Crippen LogP contribution < -0.4 is 10.6 Å². The minimum atomic E-state index is -0.994. The Labute approximate surface area is 156 Å². The fourth-order valence-corrected chi connectivity index (χ4v) is 4.65. The Hall–Kier alpha value is -1.98. The van der Waals surface area contributed by atoms with Gasteiger partial charge >= 0.3 is 6.03 Å². The molecule has 2 N–H and O–H groups in total. The van der Waals surface area contributed by atoms with Crippen LogP contribution in [0.3, 0.4) is 0 Å². The van der Waals surface area contributed by atoms with Crippen LogP contribution in [0.1, 0.15) is 18.7 Å². The fourth-order valence-electron chi connectivity index (χ4n) is 2.11. The fraction of sp³-hybridized carbons (Fsp3) is 0.357. The average Bonchev–Trinajstić information content (AvgIpc) is 3.24. The molecule has 0 bridgehead atoms. The van der Waals surface area contributed by atoms with Gasteiger partial charge in [-0.3, -0.25) is 19.8 Å². The number of amides is 4. The Morgan fingerprint density at radius 1 is 1.40 bits per heavy atom. The molecule has 2 aromatic heterocycles. The maximum Gasteiger partial charge on any atom is 0.325 e. The molecule has 3 rings (SSSR count). The van der Waals surface area contributed by atoms with Crippen LogP contribution in [0.5, 0.6) is 0 Å². The molecule has 1 fully saturated rings. The molecule has 11 heteroatoms. The van der Waals surface area contributed by atoms with Crippen LogP contribution in [0.4, 0.5) is 9.93 Å². The van der Waals surface area contributed by atoms with Crippen LogP contribution in [0.25, 0.3) is 0 Å². The predicted molar refractivity (Wildman–Crippen MR) is 96.7 cm³/mol. The van der Waals surface area contributed by atoms with Crippen LogP contribution >= 0.6 is 34.4 Å². The number of nitrogens with zero attached hydrogens (tertiary/aromatic N) is 3. The summed E-state index contributed by atoms with van der Waals surface area (Å²) in [7, 11) is 0. The first-order valence-corrected chi connectivity index (χ1v) is 9.96. The summed E-state index contributed by atoms with van der Waals surface area (Å²) < 4.78 is 0.736. The molecule has 1 aliphatic rings. The minimum Gasteiger partial charge on any atom is -0.324 e. The number of aromatic nitrogens is 2. The number of urea groups is 1. The number of hydrogen-bond donors (Lipinski definition) is 2. The van der Waals surface area contributed by atoms with Crippen molar-refractivity contribution >= 4 is 57.4 Å². The summed E-state index contributed by atoms with van der Waals surface area (Å²) in [6, 6.07) is 3.46. The van der Waals surface area contributed by atoms with E-state index >= 15 is 0 Å². The molecular formula is C14H15N5O3S3. The second-order valence-electron chi connectivity index (χ2n) is 5.74. The summed E-state index contributed by atoms with van der Waals surface area (Å²) >= 11 is 4.45. The maximum absolute atomic E-state index is 12.1. The molecule has 0 aromatic carbocycles. The topological polar surface area (TPSA) is 104 Å². The van der Waals surface area contributed by atoms with E-state index in [1.54, 1.807) is 25.2 Å². The van der Waals surface area contributed by atoms with Gasteiger partial charge in [0.05, 0.1) is 0 Å². The van der Waals surface area contributed by atoms with Crippen molar-refractivity contribution in [2.75, 3.05) is 11.9 Å². The van der Waals surface area contributed by atoms with Gasteiger partial charge in [0.1, 0.15) is 12.1 Å². The van der Waals surface area contributed by atoms with E-state index in [2.05, 4.69) is 20.8 Å². The van der Waals surface area contributed by atoms with Crippen molar-refractivity contribution in [3.8, 4) is 0 Å². The van der Waals surface area contributed by atoms with Gasteiger partial charge in [0.2, 0.25) is 11.0 Å². The van der Waals surface area contributed by atoms with Gasteiger partial charge in [-0.1, -0.05) is 29.2 Å². The molecule has 0 radical (unpaired) electrons. The molecule has 0 unspecified atom stereocenters. The van der Waals surface area contributed by atoms with E-state index in [4.69, 9.17) is 0 Å². The van der Waals surface area contributed by atoms with Crippen molar-refractivity contribution in [3.63, 3.8) is 0 Å². The highest BCUT2D eigenvalue weighted by Gasteiger charge is 2.44. The number of imide groups is 1. The lowest BCUT2D eigenvalue weighted by atomic mass is 10.1. The monoisotopic (exact) mass is 397 g/mol. The van der Waals surface area contributed by atoms with Crippen LogP contribution in [0.15, 0.2) is 21.9 Å². The molecule has 132 valence electrons. The first-order chi connectivity index (χ1) is 11.8. The lowest BCUT2D eigenvalue weighted by molar-refractivity contribution is -0.132. The Bertz CT molecular complexity index is 803. The van der Waals surface area contributed by atoms with E-state index in [9.17, 15) is 14.4 Å². The number of nitrogens with one attached hydrogen (secondary N) is 2. The molecule has 25 heavy (non-hydrogen) atoms. The molecule has 0 atom stereocenters. The van der Waals surface area contributed by atoms with Gasteiger partial charge in [-0.2, -0.15) is 0 Å². The second-order valence-corrected chi connectivity index (χ2v) is 8.97. The molecule has 3 heterocycles. The highest BCUT2D eigenvalue weighted by atomic mass is 32.2. The third-order valence-electron chi connectivity index (χ3n) is 3.32. The predicted octanol–water partition coefficient (Wildman–Crippen LogP) is 2.16. The van der Waals surface area contributed by atoms with Gasteiger partial charge in [0, 0.05) is 10.6 Å². The van der Waals surface area contributed by atoms with E-state index in [0.717, 1.165) is 15.0 Å². The summed E-state index contributed by atoms with van der Waals surface area (Å²) in [5, 5.41) is 15.4. The zero-order valence-corrected chi connectivity index (χ0v) is 15.9. The maximum atomic E-state index is 12.1. The number of thiophene rings is 1. The summed E-state index contributed by atoms with van der Waals surface area (Å²) in [5.41, 5.74) is -0.994. The molecular weight excluding hydrogens is 382 g/mol. The van der Waals surface area contributed by atoms with Gasteiger partial charge in [0.15, 0.2) is 4.34 Å². The van der Waals surface area contributed by atoms with E-state index < -0.39 is 23.4 Å². The third kappa shape index (κ3) is 4.17. The van der Waals surface area contributed by atoms with Crippen molar-refractivity contribution < 1.29 is 14.4 Å². The Balaban J connectivity index is 1.53. The summed E-state index contributed by atoms with van der Waals surface area (Å²) in [4.78, 5) is 38.0. The first-order valence-electron chi connectivity index (χ1n) is 7.28. The second kappa shape index (κ2) is 7.10. The van der Waals surface area contributed by atoms with Crippen molar-refractivity contribution in [2.24, 2.45) is 0 Å². The number of hydrogen-bond acceptors (Lipinski definition) is 8. The molecule has 0 spiro atoms. The van der Waals surface area contributed by atoms with Crippen molar-refractivity contribution in [2.45, 2.75) is 29.5 Å². The quantitative estimate of drug-likeness (QED) is 0.440. The number of anilines is 1. The number of thioether (sulfide) groups is 1. The Kier molecular flexibility index (Phi) is 5.06. The van der Waals surface area contributed by atoms with Gasteiger partial charge in [0.25, 0.3) is 5.91 Å². The van der Waals surface area contributed by atoms with Gasteiger partial charge < -0.3 is 5.32 Å². The lowest BCUT2D eigenvalue weighted by Crippen LogP contribution is -2.41. The molecule has 0 aliphatic carbocycles. The minimum absolute atomic E-state index is 0.338. The molecule has 1 saturated heterocycles. The standard InChI is InChI=1S/C14H15N5O3S3/c1-14(2)10(21)19(12(22)16-14)6-9(20)15-11-17-18-13(25-11)24-7-8-4-3-5-23-8/h3-5H,6-7H2,1-2H3,(H,16,22)(H,15,17,20). The Morgan fingerprint density at radius 3 is 2.84 bits per heavy atom. The lowest BCUT2D eigenvalue weighted by Gasteiger charge is -2.15. The highest BCUT2D eigenvalue weighted by molar-refractivity contribution is 8.00. The van der Waals surface area contributed by atoms with Crippen molar-refractivity contribution in [1.82, 2.24) is 20.4 Å². The normalized spacial score (nSPS) is 16.2. The van der Waals surface area contributed by atoms with Crippen LogP contribution in [-0.4, -0.2) is 45.0 Å².